The molecule has 0 aromatic heterocycles. The molecule has 7 heteroatoms. The molecule has 1 aliphatic carbocycles. The number of carbonyl (C=O) groups excluding carboxylic acids is 2. The van der Waals surface area contributed by atoms with Crippen molar-refractivity contribution in [3.8, 4) is 0 Å². The Morgan fingerprint density at radius 3 is 2.74 bits per heavy atom. The number of halogens is 1. The number of nitrogens with one attached hydrogen (secondary N) is 1. The molecule has 1 aliphatic heterocycles. The fourth-order valence-corrected chi connectivity index (χ4v) is 5.34. The SMILES string of the molecule is CCOC(=O)C1SC(NC(=O)COC2CCCCC2Br)CC1C. The Morgan fingerprint density at radius 1 is 1.30 bits per heavy atom. The highest BCUT2D eigenvalue weighted by Crippen LogP contribution is 2.37. The third-order valence-electron chi connectivity index (χ3n) is 4.30. The van der Waals surface area contributed by atoms with Crippen molar-refractivity contribution in [3.05, 3.63) is 0 Å². The Morgan fingerprint density at radius 2 is 2.04 bits per heavy atom. The van der Waals surface area contributed by atoms with E-state index in [1.54, 1.807) is 6.92 Å². The maximum absolute atomic E-state index is 12.1. The molecule has 1 saturated carbocycles. The Kier molecular flexibility index (Phi) is 7.69. The number of rotatable bonds is 6. The van der Waals surface area contributed by atoms with Crippen LogP contribution in [0.3, 0.4) is 0 Å². The highest BCUT2D eigenvalue weighted by Gasteiger charge is 2.38. The predicted molar refractivity (Wildman–Crippen MR) is 94.6 cm³/mol. The van der Waals surface area contributed by atoms with Gasteiger partial charge in [-0.3, -0.25) is 9.59 Å². The molecule has 0 radical (unpaired) electrons. The van der Waals surface area contributed by atoms with Crippen LogP contribution in [0.25, 0.3) is 0 Å². The van der Waals surface area contributed by atoms with Gasteiger partial charge in [-0.05, 0) is 32.1 Å². The Balaban J connectivity index is 1.72. The number of hydrogen-bond acceptors (Lipinski definition) is 5. The molecule has 1 N–H and O–H groups in total. The monoisotopic (exact) mass is 407 g/mol. The Labute approximate surface area is 150 Å². The van der Waals surface area contributed by atoms with Gasteiger partial charge < -0.3 is 14.8 Å². The van der Waals surface area contributed by atoms with Gasteiger partial charge in [-0.1, -0.05) is 35.7 Å². The molecule has 5 unspecified atom stereocenters. The number of thioether (sulfide) groups is 1. The molecule has 0 aromatic carbocycles. The third kappa shape index (κ3) is 5.64. The zero-order valence-corrected chi connectivity index (χ0v) is 16.2. The zero-order valence-electron chi connectivity index (χ0n) is 13.8. The van der Waals surface area contributed by atoms with Gasteiger partial charge in [-0.2, -0.15) is 0 Å². The van der Waals surface area contributed by atoms with Crippen LogP contribution in [0, 0.1) is 5.92 Å². The van der Waals surface area contributed by atoms with Gasteiger partial charge in [0.1, 0.15) is 11.9 Å². The average molecular weight is 408 g/mol. The molecule has 2 fully saturated rings. The van der Waals surface area contributed by atoms with Crippen LogP contribution in [-0.2, 0) is 19.1 Å². The Hall–Kier alpha value is -0.270. The van der Waals surface area contributed by atoms with Gasteiger partial charge in [0.15, 0.2) is 0 Å². The van der Waals surface area contributed by atoms with E-state index < -0.39 is 0 Å². The quantitative estimate of drug-likeness (QED) is 0.541. The van der Waals surface area contributed by atoms with Crippen molar-refractivity contribution in [3.63, 3.8) is 0 Å². The minimum Gasteiger partial charge on any atom is -0.465 e. The summed E-state index contributed by atoms with van der Waals surface area (Å²) in [6.07, 6.45) is 5.38. The van der Waals surface area contributed by atoms with Crippen LogP contribution < -0.4 is 5.32 Å². The molecular weight excluding hydrogens is 382 g/mol. The normalized spacial score (nSPS) is 34.1. The van der Waals surface area contributed by atoms with Crippen LogP contribution in [0.15, 0.2) is 0 Å². The zero-order chi connectivity index (χ0) is 16.8. The van der Waals surface area contributed by atoms with Crippen molar-refractivity contribution in [2.24, 2.45) is 5.92 Å². The summed E-state index contributed by atoms with van der Waals surface area (Å²) >= 11 is 5.11. The standard InChI is InChI=1S/C16H26BrNO4S/c1-3-21-16(20)15-10(2)8-14(23-15)18-13(19)9-22-12-7-5-4-6-11(12)17/h10-12,14-15H,3-9H2,1-2H3,(H,18,19). The second-order valence-electron chi connectivity index (χ2n) is 6.23. The largest absolute Gasteiger partial charge is 0.465 e. The lowest BCUT2D eigenvalue weighted by Gasteiger charge is -2.27. The molecule has 0 bridgehead atoms. The fraction of sp³-hybridized carbons (Fsp3) is 0.875. The van der Waals surface area contributed by atoms with Crippen LogP contribution in [0.1, 0.15) is 46.0 Å². The number of carbonyl (C=O) groups is 2. The highest BCUT2D eigenvalue weighted by molar-refractivity contribution is 9.09. The van der Waals surface area contributed by atoms with Crippen molar-refractivity contribution in [2.75, 3.05) is 13.2 Å². The molecular formula is C16H26BrNO4S. The van der Waals surface area contributed by atoms with E-state index in [9.17, 15) is 9.59 Å². The lowest BCUT2D eigenvalue weighted by Crippen LogP contribution is -2.37. The maximum atomic E-state index is 12.1. The number of hydrogen-bond donors (Lipinski definition) is 1. The van der Waals surface area contributed by atoms with Gasteiger partial charge in [0.05, 0.1) is 18.1 Å². The Bertz CT molecular complexity index is 423. The summed E-state index contributed by atoms with van der Waals surface area (Å²) in [5.41, 5.74) is 0. The molecule has 0 spiro atoms. The summed E-state index contributed by atoms with van der Waals surface area (Å²) in [6, 6.07) is 0. The van der Waals surface area contributed by atoms with Crippen molar-refractivity contribution in [1.29, 1.82) is 0 Å². The summed E-state index contributed by atoms with van der Waals surface area (Å²) < 4.78 is 10.8. The van der Waals surface area contributed by atoms with Crippen molar-refractivity contribution >= 4 is 39.6 Å². The minimum atomic E-state index is -0.188. The molecule has 1 amide bonds. The summed E-state index contributed by atoms with van der Waals surface area (Å²) in [5.74, 6) is -0.0812. The lowest BCUT2D eigenvalue weighted by atomic mass is 9.98. The summed E-state index contributed by atoms with van der Waals surface area (Å²) in [4.78, 5) is 24.3. The molecule has 1 heterocycles. The van der Waals surface area contributed by atoms with E-state index in [-0.39, 0.29) is 41.1 Å². The van der Waals surface area contributed by atoms with E-state index in [0.29, 0.717) is 11.4 Å². The van der Waals surface area contributed by atoms with E-state index in [1.807, 2.05) is 6.92 Å². The summed E-state index contributed by atoms with van der Waals surface area (Å²) in [7, 11) is 0. The minimum absolute atomic E-state index is 0.0402. The molecule has 2 aliphatic rings. The first-order valence-electron chi connectivity index (χ1n) is 8.38. The van der Waals surface area contributed by atoms with Crippen LogP contribution in [0.4, 0.5) is 0 Å². The maximum Gasteiger partial charge on any atom is 0.319 e. The van der Waals surface area contributed by atoms with E-state index >= 15 is 0 Å². The molecule has 2 rings (SSSR count). The van der Waals surface area contributed by atoms with E-state index in [2.05, 4.69) is 21.2 Å². The average Bonchev–Trinajstić information content (AvgIpc) is 2.87. The molecule has 23 heavy (non-hydrogen) atoms. The van der Waals surface area contributed by atoms with E-state index in [0.717, 1.165) is 25.7 Å². The fourth-order valence-electron chi connectivity index (χ4n) is 3.08. The summed E-state index contributed by atoms with van der Waals surface area (Å²) in [5, 5.41) is 2.74. The van der Waals surface area contributed by atoms with Crippen LogP contribution in [0.5, 0.6) is 0 Å². The van der Waals surface area contributed by atoms with E-state index in [1.165, 1.54) is 18.2 Å². The highest BCUT2D eigenvalue weighted by atomic mass is 79.9. The van der Waals surface area contributed by atoms with Gasteiger partial charge in [-0.25, -0.2) is 0 Å². The van der Waals surface area contributed by atoms with Gasteiger partial charge in [0.2, 0.25) is 5.91 Å². The number of esters is 1. The van der Waals surface area contributed by atoms with Gasteiger partial charge in [0.25, 0.3) is 0 Å². The smallest absolute Gasteiger partial charge is 0.319 e. The summed E-state index contributed by atoms with van der Waals surface area (Å²) in [6.45, 7) is 4.31. The number of ether oxygens (including phenoxy) is 2. The van der Waals surface area contributed by atoms with E-state index in [4.69, 9.17) is 9.47 Å². The predicted octanol–water partition coefficient (Wildman–Crippen LogP) is 2.86. The van der Waals surface area contributed by atoms with Crippen LogP contribution >= 0.6 is 27.7 Å². The van der Waals surface area contributed by atoms with Crippen LogP contribution in [-0.4, -0.2) is 46.6 Å². The van der Waals surface area contributed by atoms with Crippen molar-refractivity contribution < 1.29 is 19.1 Å². The topological polar surface area (TPSA) is 64.6 Å². The lowest BCUT2D eigenvalue weighted by molar-refractivity contribution is -0.143. The van der Waals surface area contributed by atoms with Crippen molar-refractivity contribution in [1.82, 2.24) is 5.32 Å². The van der Waals surface area contributed by atoms with Gasteiger partial charge >= 0.3 is 5.97 Å². The molecule has 132 valence electrons. The van der Waals surface area contributed by atoms with Crippen molar-refractivity contribution in [2.45, 2.75) is 67.5 Å². The molecule has 5 nitrogen and oxygen atoms in total. The first kappa shape index (κ1) is 19.1. The number of alkyl halides is 1. The first-order valence-corrected chi connectivity index (χ1v) is 10.2. The third-order valence-corrected chi connectivity index (χ3v) is 6.94. The molecule has 1 saturated heterocycles. The molecule has 5 atom stereocenters. The van der Waals surface area contributed by atoms with Gasteiger partial charge in [-0.15, -0.1) is 11.8 Å². The second-order valence-corrected chi connectivity index (χ2v) is 8.75. The molecule has 0 aromatic rings. The number of amides is 1. The first-order chi connectivity index (χ1) is 11.0. The second kappa shape index (κ2) is 9.28. The van der Waals surface area contributed by atoms with Crippen LogP contribution in [0.2, 0.25) is 0 Å². The van der Waals surface area contributed by atoms with Gasteiger partial charge in [0, 0.05) is 4.83 Å².